The van der Waals surface area contributed by atoms with Crippen LogP contribution in [0.5, 0.6) is 0 Å². The van der Waals surface area contributed by atoms with Crippen LogP contribution in [0.25, 0.3) is 0 Å². The Bertz CT molecular complexity index is 1090. The molecule has 58 heavy (non-hydrogen) atoms. The fraction of sp³-hybridized carbons (Fsp3) is 1.00. The summed E-state index contributed by atoms with van der Waals surface area (Å²) in [5.41, 5.74) is 0. The van der Waals surface area contributed by atoms with E-state index in [1.165, 1.54) is 193 Å². The van der Waals surface area contributed by atoms with Crippen LogP contribution in [0.15, 0.2) is 0 Å². The Hall–Kier alpha value is -0.160. The van der Waals surface area contributed by atoms with E-state index in [0.29, 0.717) is 13.2 Å². The minimum absolute atomic E-state index is 0.396. The molecule has 0 aromatic heterocycles. The van der Waals surface area contributed by atoms with Gasteiger partial charge in [-0.25, -0.2) is 0 Å². The lowest BCUT2D eigenvalue weighted by molar-refractivity contribution is -0.0455. The summed E-state index contributed by atoms with van der Waals surface area (Å²) in [5, 5.41) is 19.4. The van der Waals surface area contributed by atoms with Gasteiger partial charge in [0.25, 0.3) is 0 Å². The number of hydrogen-bond acceptors (Lipinski definition) is 4. The second-order valence-corrected chi connectivity index (χ2v) is 23.5. The minimum atomic E-state index is 0.396. The maximum absolute atomic E-state index is 9.68. The van der Waals surface area contributed by atoms with Gasteiger partial charge < -0.3 is 10.2 Å². The summed E-state index contributed by atoms with van der Waals surface area (Å²) >= 11 is 0. The summed E-state index contributed by atoms with van der Waals surface area (Å²) in [7, 11) is 0. The van der Waals surface area contributed by atoms with Gasteiger partial charge in [0.2, 0.25) is 0 Å². The molecule has 9 fully saturated rings. The highest BCUT2D eigenvalue weighted by Crippen LogP contribution is 2.51. The highest BCUT2D eigenvalue weighted by atomic mass is 16.3. The van der Waals surface area contributed by atoms with Crippen LogP contribution in [-0.2, 0) is 0 Å². The molecule has 0 spiro atoms. The summed E-state index contributed by atoms with van der Waals surface area (Å²) in [6.07, 6.45) is 52.7. The van der Waals surface area contributed by atoms with Gasteiger partial charge in [0.05, 0.1) is 0 Å². The van der Waals surface area contributed by atoms with Crippen LogP contribution in [0.1, 0.15) is 231 Å². The van der Waals surface area contributed by atoms with E-state index in [0.717, 1.165) is 108 Å². The third-order valence-corrected chi connectivity index (χ3v) is 20.9. The largest absolute Gasteiger partial charge is 0.396 e. The molecule has 0 saturated heterocycles. The van der Waals surface area contributed by atoms with Crippen LogP contribution < -0.4 is 0 Å². The van der Waals surface area contributed by atoms with Crippen molar-refractivity contribution in [3.63, 3.8) is 0 Å². The number of nitrogens with zero attached hydrogens (tertiary/aromatic N) is 2. The molecule has 9 aliphatic rings. The van der Waals surface area contributed by atoms with Gasteiger partial charge in [0.1, 0.15) is 0 Å². The monoisotopic (exact) mass is 803 g/mol. The van der Waals surface area contributed by atoms with Crippen LogP contribution in [0.4, 0.5) is 0 Å². The second-order valence-electron chi connectivity index (χ2n) is 23.5. The third kappa shape index (κ3) is 9.96. The lowest BCUT2D eigenvalue weighted by Gasteiger charge is -2.54. The quantitative estimate of drug-likeness (QED) is 0.206. The molecule has 6 unspecified atom stereocenters. The molecule has 0 radical (unpaired) electrons. The zero-order chi connectivity index (χ0) is 39.3. The molecule has 332 valence electrons. The molecule has 9 aliphatic carbocycles. The van der Waals surface area contributed by atoms with Crippen LogP contribution >= 0.6 is 0 Å². The maximum Gasteiger partial charge on any atom is 0.0433 e. The molecule has 6 atom stereocenters. The average Bonchev–Trinajstić information content (AvgIpc) is 3.29. The summed E-state index contributed by atoms with van der Waals surface area (Å²) in [6, 6.07) is 5.16. The van der Waals surface area contributed by atoms with Crippen molar-refractivity contribution in [2.24, 2.45) is 59.2 Å². The van der Waals surface area contributed by atoms with E-state index < -0.39 is 0 Å². The lowest BCUT2D eigenvalue weighted by atomic mass is 9.64. The Labute approximate surface area is 358 Å². The molecule has 0 amide bonds. The van der Waals surface area contributed by atoms with Gasteiger partial charge in [0.15, 0.2) is 0 Å². The van der Waals surface area contributed by atoms with E-state index in [1.54, 1.807) is 25.7 Å². The molecule has 0 aromatic carbocycles. The van der Waals surface area contributed by atoms with Crippen LogP contribution in [0.2, 0.25) is 0 Å². The van der Waals surface area contributed by atoms with Crippen molar-refractivity contribution >= 4 is 0 Å². The molecule has 4 heteroatoms. The summed E-state index contributed by atoms with van der Waals surface area (Å²) < 4.78 is 0. The Balaban J connectivity index is 0.774. The van der Waals surface area contributed by atoms with Gasteiger partial charge in [-0.15, -0.1) is 0 Å². The van der Waals surface area contributed by atoms with Gasteiger partial charge in [-0.2, -0.15) is 0 Å². The zero-order valence-electron chi connectivity index (χ0n) is 37.9. The molecule has 9 rings (SSSR count). The number of hydrogen-bond donors (Lipinski definition) is 2. The number of aliphatic hydroxyl groups excluding tert-OH is 2. The molecular formula is C54H94N2O2. The molecule has 0 heterocycles. The summed E-state index contributed by atoms with van der Waals surface area (Å²) in [5.74, 6) is 9.72. The highest BCUT2D eigenvalue weighted by Gasteiger charge is 2.47. The molecule has 4 nitrogen and oxygen atoms in total. The Morgan fingerprint density at radius 3 is 0.914 bits per heavy atom. The Morgan fingerprint density at radius 1 is 0.276 bits per heavy atom. The average molecular weight is 803 g/mol. The van der Waals surface area contributed by atoms with E-state index in [4.69, 9.17) is 0 Å². The summed E-state index contributed by atoms with van der Waals surface area (Å²) in [4.78, 5) is 6.57. The van der Waals surface area contributed by atoms with Crippen molar-refractivity contribution in [3.8, 4) is 0 Å². The SMILES string of the molecule is OCCC1CCC(N(C2CCC(C3CCC(C4CCC(N(C5CCC(CCO)CC5)C5CCCC6CCCCC65)CC4)CC3)CC2)C2CCCC3CCCCC32)CC1. The van der Waals surface area contributed by atoms with Crippen LogP contribution in [-0.4, -0.2) is 69.5 Å². The predicted molar refractivity (Wildman–Crippen MR) is 242 cm³/mol. The van der Waals surface area contributed by atoms with Crippen LogP contribution in [0, 0.1) is 59.2 Å². The molecular weight excluding hydrogens is 709 g/mol. The van der Waals surface area contributed by atoms with E-state index in [9.17, 15) is 10.2 Å². The van der Waals surface area contributed by atoms with Crippen molar-refractivity contribution in [3.05, 3.63) is 0 Å². The molecule has 0 aromatic rings. The predicted octanol–water partition coefficient (Wildman–Crippen LogP) is 13.1. The molecule has 0 aliphatic heterocycles. The highest BCUT2D eigenvalue weighted by molar-refractivity contribution is 5.00. The first-order valence-electron chi connectivity index (χ1n) is 27.4. The third-order valence-electron chi connectivity index (χ3n) is 20.9. The van der Waals surface area contributed by atoms with Gasteiger partial charge in [-0.3, -0.25) is 9.80 Å². The number of aliphatic hydroxyl groups is 2. The number of rotatable bonds is 12. The van der Waals surface area contributed by atoms with Crippen molar-refractivity contribution in [1.82, 2.24) is 9.80 Å². The van der Waals surface area contributed by atoms with Crippen molar-refractivity contribution in [2.75, 3.05) is 13.2 Å². The first-order valence-corrected chi connectivity index (χ1v) is 27.4. The normalized spacial score (nSPS) is 45.7. The van der Waals surface area contributed by atoms with Crippen molar-refractivity contribution in [1.29, 1.82) is 0 Å². The maximum atomic E-state index is 9.68. The fourth-order valence-corrected chi connectivity index (χ4v) is 17.9. The second kappa shape index (κ2) is 21.0. The first-order chi connectivity index (χ1) is 28.7. The summed E-state index contributed by atoms with van der Waals surface area (Å²) in [6.45, 7) is 0.791. The fourth-order valence-electron chi connectivity index (χ4n) is 17.9. The van der Waals surface area contributed by atoms with Gasteiger partial charge >= 0.3 is 0 Å². The molecule has 9 saturated carbocycles. The number of fused-ring (bicyclic) bond motifs is 2. The topological polar surface area (TPSA) is 46.9 Å². The molecule has 2 N–H and O–H groups in total. The zero-order valence-corrected chi connectivity index (χ0v) is 37.9. The Morgan fingerprint density at radius 2 is 0.569 bits per heavy atom. The van der Waals surface area contributed by atoms with Crippen molar-refractivity contribution < 1.29 is 10.2 Å². The van der Waals surface area contributed by atoms with Gasteiger partial charge in [0, 0.05) is 49.5 Å². The van der Waals surface area contributed by atoms with E-state index in [1.807, 2.05) is 0 Å². The van der Waals surface area contributed by atoms with E-state index >= 15 is 0 Å². The van der Waals surface area contributed by atoms with Gasteiger partial charge in [-0.05, 0) is 226 Å². The van der Waals surface area contributed by atoms with E-state index in [2.05, 4.69) is 9.80 Å². The molecule has 0 bridgehead atoms. The standard InChI is InChI=1S/C54H94N2O2/c57-37-35-39-15-27-47(28-16-39)55(53-13-5-9-45-7-1-3-11-51(45)53)49-31-23-43(24-32-49)41-19-21-42(22-20-41)44-25-33-50(34-26-44)56(48-29-17-40(18-30-48)36-38-58)54-14-6-10-46-8-2-4-12-52(46)54/h39-54,57-58H,1-38H2. The lowest BCUT2D eigenvalue weighted by Crippen LogP contribution is -2.56. The van der Waals surface area contributed by atoms with Gasteiger partial charge in [-0.1, -0.05) is 64.2 Å². The first kappa shape index (κ1) is 43.1. The van der Waals surface area contributed by atoms with E-state index in [-0.39, 0.29) is 0 Å². The Kier molecular flexibility index (Phi) is 15.6. The van der Waals surface area contributed by atoms with Crippen molar-refractivity contribution in [2.45, 2.75) is 267 Å². The smallest absolute Gasteiger partial charge is 0.0433 e. The minimum Gasteiger partial charge on any atom is -0.396 e. The van der Waals surface area contributed by atoms with Crippen LogP contribution in [0.3, 0.4) is 0 Å².